The number of hydrogen-bond acceptors (Lipinski definition) is 4. The van der Waals surface area contributed by atoms with Crippen molar-refractivity contribution in [3.8, 4) is 5.75 Å². The fourth-order valence-electron chi connectivity index (χ4n) is 2.35. The van der Waals surface area contributed by atoms with Crippen LogP contribution < -0.4 is 9.46 Å². The normalized spacial score (nSPS) is 11.5. The number of aromatic nitrogens is 1. The van der Waals surface area contributed by atoms with E-state index in [0.29, 0.717) is 5.75 Å². The standard InChI is InChI=1S/C18H18N2O3S/c1-14-4-2-6-17(12-14)24(21,22)20-10-11-23-16-7-8-18-15(13-16)5-3-9-19-18/h2-9,12-13,20H,10-11H2,1H3. The van der Waals surface area contributed by atoms with Gasteiger partial charge in [0.15, 0.2) is 0 Å². The number of rotatable bonds is 6. The van der Waals surface area contributed by atoms with Gasteiger partial charge in [-0.3, -0.25) is 4.98 Å². The molecule has 0 saturated carbocycles. The summed E-state index contributed by atoms with van der Waals surface area (Å²) in [7, 11) is -3.51. The third-order valence-corrected chi connectivity index (χ3v) is 5.00. The van der Waals surface area contributed by atoms with Crippen molar-refractivity contribution in [1.29, 1.82) is 0 Å². The van der Waals surface area contributed by atoms with Gasteiger partial charge in [0.05, 0.1) is 10.4 Å². The van der Waals surface area contributed by atoms with Gasteiger partial charge in [-0.2, -0.15) is 0 Å². The van der Waals surface area contributed by atoms with Gasteiger partial charge in [0.1, 0.15) is 12.4 Å². The zero-order chi connectivity index (χ0) is 17.0. The van der Waals surface area contributed by atoms with Gasteiger partial charge in [0, 0.05) is 18.1 Å². The molecule has 1 heterocycles. The van der Waals surface area contributed by atoms with Crippen molar-refractivity contribution in [1.82, 2.24) is 9.71 Å². The Morgan fingerprint density at radius 2 is 1.96 bits per heavy atom. The zero-order valence-corrected chi connectivity index (χ0v) is 14.1. The molecule has 0 aliphatic rings. The molecule has 0 atom stereocenters. The Labute approximate surface area is 141 Å². The summed E-state index contributed by atoms with van der Waals surface area (Å²) in [6.07, 6.45) is 1.74. The largest absolute Gasteiger partial charge is 0.492 e. The number of aryl methyl sites for hydroxylation is 1. The van der Waals surface area contributed by atoms with E-state index in [4.69, 9.17) is 4.74 Å². The van der Waals surface area contributed by atoms with Crippen molar-refractivity contribution in [3.63, 3.8) is 0 Å². The molecule has 0 saturated heterocycles. The first-order valence-corrected chi connectivity index (χ1v) is 9.07. The molecule has 0 amide bonds. The molecule has 0 aliphatic carbocycles. The molecule has 1 aromatic heterocycles. The number of hydrogen-bond donors (Lipinski definition) is 1. The first kappa shape index (κ1) is 16.4. The highest BCUT2D eigenvalue weighted by molar-refractivity contribution is 7.89. The van der Waals surface area contributed by atoms with Crippen molar-refractivity contribution >= 4 is 20.9 Å². The van der Waals surface area contributed by atoms with Crippen molar-refractivity contribution in [3.05, 3.63) is 66.4 Å². The summed E-state index contributed by atoms with van der Waals surface area (Å²) < 4.78 is 32.6. The van der Waals surface area contributed by atoms with E-state index < -0.39 is 10.0 Å². The summed E-state index contributed by atoms with van der Waals surface area (Å²) in [5.74, 6) is 0.685. The van der Waals surface area contributed by atoms with E-state index in [2.05, 4.69) is 9.71 Å². The quantitative estimate of drug-likeness (QED) is 0.700. The minimum Gasteiger partial charge on any atom is -0.492 e. The van der Waals surface area contributed by atoms with E-state index in [0.717, 1.165) is 16.5 Å². The summed E-state index contributed by atoms with van der Waals surface area (Å²) in [5, 5.41) is 0.982. The monoisotopic (exact) mass is 342 g/mol. The molecular formula is C18H18N2O3S. The van der Waals surface area contributed by atoms with Gasteiger partial charge in [0.2, 0.25) is 10.0 Å². The van der Waals surface area contributed by atoms with Crippen molar-refractivity contribution in [2.75, 3.05) is 13.2 Å². The Bertz CT molecular complexity index is 955. The first-order valence-electron chi connectivity index (χ1n) is 7.58. The first-order chi connectivity index (χ1) is 11.5. The number of sulfonamides is 1. The van der Waals surface area contributed by atoms with Gasteiger partial charge < -0.3 is 4.74 Å². The summed E-state index contributed by atoms with van der Waals surface area (Å²) in [4.78, 5) is 4.51. The van der Waals surface area contributed by atoms with Gasteiger partial charge in [-0.1, -0.05) is 18.2 Å². The summed E-state index contributed by atoms with van der Waals surface area (Å²) in [6, 6.07) is 16.2. The lowest BCUT2D eigenvalue weighted by atomic mass is 10.2. The molecule has 0 fully saturated rings. The van der Waals surface area contributed by atoms with Crippen LogP contribution in [0.1, 0.15) is 5.56 Å². The molecule has 0 bridgehead atoms. The molecule has 24 heavy (non-hydrogen) atoms. The van der Waals surface area contributed by atoms with Crippen LogP contribution in [0.2, 0.25) is 0 Å². The average molecular weight is 342 g/mol. The molecule has 0 spiro atoms. The highest BCUT2D eigenvalue weighted by Crippen LogP contribution is 2.18. The molecule has 6 heteroatoms. The maximum atomic E-state index is 12.2. The maximum absolute atomic E-state index is 12.2. The highest BCUT2D eigenvalue weighted by atomic mass is 32.2. The molecule has 3 aromatic rings. The Kier molecular flexibility index (Phi) is 4.78. The molecule has 5 nitrogen and oxygen atoms in total. The third-order valence-electron chi connectivity index (χ3n) is 3.54. The number of fused-ring (bicyclic) bond motifs is 1. The van der Waals surface area contributed by atoms with Crippen LogP contribution in [0.4, 0.5) is 0 Å². The predicted octanol–water partition coefficient (Wildman–Crippen LogP) is 2.90. The second-order valence-electron chi connectivity index (χ2n) is 5.42. The van der Waals surface area contributed by atoms with Crippen LogP contribution in [0.15, 0.2) is 65.7 Å². The van der Waals surface area contributed by atoms with E-state index in [1.807, 2.05) is 43.3 Å². The lowest BCUT2D eigenvalue weighted by molar-refractivity contribution is 0.323. The number of nitrogens with one attached hydrogen (secondary N) is 1. The average Bonchev–Trinajstić information content (AvgIpc) is 2.59. The molecule has 3 rings (SSSR count). The van der Waals surface area contributed by atoms with E-state index in [1.54, 1.807) is 24.4 Å². The lowest BCUT2D eigenvalue weighted by Gasteiger charge is -2.09. The third kappa shape index (κ3) is 3.90. The maximum Gasteiger partial charge on any atom is 0.240 e. The summed E-state index contributed by atoms with van der Waals surface area (Å²) in [5.41, 5.74) is 1.80. The van der Waals surface area contributed by atoms with Crippen LogP contribution in [0.25, 0.3) is 10.9 Å². The number of benzene rings is 2. The molecule has 0 aliphatic heterocycles. The highest BCUT2D eigenvalue weighted by Gasteiger charge is 2.13. The van der Waals surface area contributed by atoms with Gasteiger partial charge in [0.25, 0.3) is 0 Å². The smallest absolute Gasteiger partial charge is 0.240 e. The van der Waals surface area contributed by atoms with E-state index in [-0.39, 0.29) is 18.0 Å². The van der Waals surface area contributed by atoms with Gasteiger partial charge in [-0.05, 0) is 48.9 Å². The molecule has 0 radical (unpaired) electrons. The van der Waals surface area contributed by atoms with E-state index in [9.17, 15) is 8.42 Å². The summed E-state index contributed by atoms with van der Waals surface area (Å²) in [6.45, 7) is 2.30. The number of pyridine rings is 1. The van der Waals surface area contributed by atoms with Gasteiger partial charge in [-0.15, -0.1) is 0 Å². The molecule has 2 aromatic carbocycles. The van der Waals surface area contributed by atoms with Crippen molar-refractivity contribution in [2.24, 2.45) is 0 Å². The lowest BCUT2D eigenvalue weighted by Crippen LogP contribution is -2.28. The SMILES string of the molecule is Cc1cccc(S(=O)(=O)NCCOc2ccc3ncccc3c2)c1. The zero-order valence-electron chi connectivity index (χ0n) is 13.3. The van der Waals surface area contributed by atoms with Crippen LogP contribution in [0, 0.1) is 6.92 Å². The fraction of sp³-hybridized carbons (Fsp3) is 0.167. The van der Waals surface area contributed by atoms with Crippen LogP contribution in [0.3, 0.4) is 0 Å². The number of ether oxygens (including phenoxy) is 1. The minimum absolute atomic E-state index is 0.196. The second-order valence-corrected chi connectivity index (χ2v) is 7.19. The van der Waals surface area contributed by atoms with E-state index in [1.165, 1.54) is 0 Å². The topological polar surface area (TPSA) is 68.3 Å². The Morgan fingerprint density at radius 1 is 1.08 bits per heavy atom. The molecule has 0 unspecified atom stereocenters. The summed E-state index contributed by atoms with van der Waals surface area (Å²) >= 11 is 0. The van der Waals surface area contributed by atoms with Crippen molar-refractivity contribution in [2.45, 2.75) is 11.8 Å². The van der Waals surface area contributed by atoms with Crippen LogP contribution in [0.5, 0.6) is 5.75 Å². The molecule has 124 valence electrons. The number of nitrogens with zero attached hydrogens (tertiary/aromatic N) is 1. The van der Waals surface area contributed by atoms with Crippen LogP contribution >= 0.6 is 0 Å². The van der Waals surface area contributed by atoms with Gasteiger partial charge >= 0.3 is 0 Å². The minimum atomic E-state index is -3.51. The second kappa shape index (κ2) is 6.98. The van der Waals surface area contributed by atoms with Gasteiger partial charge in [-0.25, -0.2) is 13.1 Å². The van der Waals surface area contributed by atoms with E-state index >= 15 is 0 Å². The van der Waals surface area contributed by atoms with Crippen LogP contribution in [-0.4, -0.2) is 26.6 Å². The fourth-order valence-corrected chi connectivity index (χ4v) is 3.47. The Morgan fingerprint density at radius 3 is 2.79 bits per heavy atom. The van der Waals surface area contributed by atoms with Crippen LogP contribution in [-0.2, 0) is 10.0 Å². The molecule has 1 N–H and O–H groups in total. The Balaban J connectivity index is 1.58. The Hall–Kier alpha value is -2.44. The predicted molar refractivity (Wildman–Crippen MR) is 93.6 cm³/mol. The molecular weight excluding hydrogens is 324 g/mol. The van der Waals surface area contributed by atoms with Crippen molar-refractivity contribution < 1.29 is 13.2 Å².